The molecule has 3 N–H and O–H groups in total. The van der Waals surface area contributed by atoms with Gasteiger partial charge in [-0.1, -0.05) is 35.7 Å². The van der Waals surface area contributed by atoms with Crippen molar-refractivity contribution in [2.45, 2.75) is 49.0 Å². The molecule has 2 aliphatic heterocycles. The van der Waals surface area contributed by atoms with Crippen molar-refractivity contribution in [3.63, 3.8) is 0 Å². The van der Waals surface area contributed by atoms with Gasteiger partial charge in [-0.05, 0) is 37.3 Å². The zero-order valence-corrected chi connectivity index (χ0v) is 15.6. The molecular weight excluding hydrogens is 358 g/mol. The molecule has 6 nitrogen and oxygen atoms in total. The molecule has 2 fully saturated rings. The fourth-order valence-electron chi connectivity index (χ4n) is 3.88. The average Bonchev–Trinajstić information content (AvgIpc) is 3.04. The van der Waals surface area contributed by atoms with Gasteiger partial charge in [-0.25, -0.2) is 0 Å². The van der Waals surface area contributed by atoms with E-state index in [1.807, 2.05) is 6.92 Å². The summed E-state index contributed by atoms with van der Waals surface area (Å²) in [6.45, 7) is 2.01. The molecular formula is C17H23N3O3S2. The Kier molecular flexibility index (Phi) is 4.91. The van der Waals surface area contributed by atoms with Crippen LogP contribution in [-0.4, -0.2) is 39.3 Å². The zero-order valence-electron chi connectivity index (χ0n) is 14.0. The largest absolute Gasteiger partial charge is 0.297 e. The van der Waals surface area contributed by atoms with Crippen molar-refractivity contribution in [1.29, 1.82) is 0 Å². The lowest BCUT2D eigenvalue weighted by atomic mass is 9.78. The third-order valence-electron chi connectivity index (χ3n) is 5.20. The second-order valence-electron chi connectivity index (χ2n) is 6.90. The molecule has 0 spiro atoms. The average molecular weight is 382 g/mol. The molecule has 0 aromatic heterocycles. The van der Waals surface area contributed by atoms with E-state index in [2.05, 4.69) is 26.8 Å². The minimum atomic E-state index is -3.73. The summed E-state index contributed by atoms with van der Waals surface area (Å²) in [6.07, 6.45) is 4.29. The maximum atomic E-state index is 12.3. The van der Waals surface area contributed by atoms with Gasteiger partial charge in [0.25, 0.3) is 10.1 Å². The highest BCUT2D eigenvalue weighted by molar-refractivity contribution is 8.00. The first-order valence-corrected chi connectivity index (χ1v) is 10.9. The quantitative estimate of drug-likeness (QED) is 0.539. The first-order valence-electron chi connectivity index (χ1n) is 8.59. The van der Waals surface area contributed by atoms with Gasteiger partial charge >= 0.3 is 0 Å². The molecule has 8 heteroatoms. The third kappa shape index (κ3) is 3.65. The summed E-state index contributed by atoms with van der Waals surface area (Å²) in [6, 6.07) is 7.85. The summed E-state index contributed by atoms with van der Waals surface area (Å²) in [5, 5.41) is 9.11. The molecule has 1 saturated heterocycles. The molecule has 0 bridgehead atoms. The molecule has 1 aliphatic carbocycles. The molecule has 0 radical (unpaired) electrons. The summed E-state index contributed by atoms with van der Waals surface area (Å²) in [4.78, 5) is 0.199. The van der Waals surface area contributed by atoms with Crippen LogP contribution in [0.4, 0.5) is 0 Å². The van der Waals surface area contributed by atoms with Gasteiger partial charge in [-0.15, -0.1) is 0 Å². The first kappa shape index (κ1) is 17.5. The smallest absolute Gasteiger partial charge is 0.296 e. The Morgan fingerprint density at radius 2 is 1.92 bits per heavy atom. The number of hydrogen-bond donors (Lipinski definition) is 3. The SMILES string of the molecule is Cc1ccc(S(=O)(=O)OCC2NC3CCC4NSC=CC4C3N2)cc1. The van der Waals surface area contributed by atoms with Gasteiger partial charge in [0.2, 0.25) is 0 Å². The molecule has 1 aromatic carbocycles. The molecule has 2 heterocycles. The molecule has 1 saturated carbocycles. The van der Waals surface area contributed by atoms with Crippen LogP contribution in [0, 0.1) is 12.8 Å². The molecule has 1 aromatic rings. The van der Waals surface area contributed by atoms with Crippen LogP contribution in [0.2, 0.25) is 0 Å². The number of hydrogen-bond acceptors (Lipinski definition) is 7. The van der Waals surface area contributed by atoms with E-state index < -0.39 is 10.1 Å². The summed E-state index contributed by atoms with van der Waals surface area (Å²) in [5.74, 6) is 0.422. The molecule has 0 amide bonds. The summed E-state index contributed by atoms with van der Waals surface area (Å²) < 4.78 is 33.4. The van der Waals surface area contributed by atoms with Crippen LogP contribution in [0.3, 0.4) is 0 Å². The number of aryl methyl sites for hydroxylation is 1. The van der Waals surface area contributed by atoms with E-state index in [0.717, 1.165) is 18.4 Å². The maximum absolute atomic E-state index is 12.3. The van der Waals surface area contributed by atoms with Crippen LogP contribution in [0.15, 0.2) is 40.6 Å². The number of nitrogens with one attached hydrogen (secondary N) is 3. The molecule has 5 unspecified atom stereocenters. The van der Waals surface area contributed by atoms with Crippen molar-refractivity contribution >= 4 is 22.1 Å². The van der Waals surface area contributed by atoms with E-state index in [9.17, 15) is 8.42 Å². The van der Waals surface area contributed by atoms with E-state index >= 15 is 0 Å². The second kappa shape index (κ2) is 7.02. The maximum Gasteiger partial charge on any atom is 0.297 e. The van der Waals surface area contributed by atoms with Gasteiger partial charge in [-0.3, -0.25) is 19.5 Å². The highest BCUT2D eigenvalue weighted by atomic mass is 32.2. The van der Waals surface area contributed by atoms with Gasteiger partial charge in [-0.2, -0.15) is 8.42 Å². The van der Waals surface area contributed by atoms with Gasteiger partial charge < -0.3 is 0 Å². The Morgan fingerprint density at radius 3 is 2.72 bits per heavy atom. The number of fused-ring (bicyclic) bond motifs is 3. The van der Waals surface area contributed by atoms with E-state index in [4.69, 9.17) is 4.18 Å². The summed E-state index contributed by atoms with van der Waals surface area (Å²) in [7, 11) is -3.73. The van der Waals surface area contributed by atoms with Crippen LogP contribution in [0.25, 0.3) is 0 Å². The van der Waals surface area contributed by atoms with E-state index in [-0.39, 0.29) is 17.7 Å². The van der Waals surface area contributed by atoms with E-state index in [1.165, 1.54) is 0 Å². The van der Waals surface area contributed by atoms with Crippen molar-refractivity contribution in [1.82, 2.24) is 15.4 Å². The van der Waals surface area contributed by atoms with Crippen molar-refractivity contribution in [3.05, 3.63) is 41.3 Å². The molecule has 136 valence electrons. The Bertz CT molecular complexity index is 751. The first-order chi connectivity index (χ1) is 12.0. The van der Waals surface area contributed by atoms with Crippen LogP contribution >= 0.6 is 11.9 Å². The standard InChI is InChI=1S/C17H23N3O3S2/c1-11-2-4-12(5-3-11)25(21,22)23-10-16-18-15-7-6-14-13(17(15)19-16)8-9-24-20-14/h2-5,8-9,13-20H,6-7,10H2,1H3. The minimum Gasteiger partial charge on any atom is -0.296 e. The monoisotopic (exact) mass is 381 g/mol. The second-order valence-corrected chi connectivity index (χ2v) is 9.25. The van der Waals surface area contributed by atoms with E-state index in [0.29, 0.717) is 24.0 Å². The summed E-state index contributed by atoms with van der Waals surface area (Å²) >= 11 is 1.65. The molecule has 4 rings (SSSR count). The van der Waals surface area contributed by atoms with E-state index in [1.54, 1.807) is 36.2 Å². The Balaban J connectivity index is 1.39. The predicted octanol–water partition coefficient (Wildman–Crippen LogP) is 1.50. The van der Waals surface area contributed by atoms with Gasteiger partial charge in [0.05, 0.1) is 17.7 Å². The fourth-order valence-corrected chi connectivity index (χ4v) is 5.59. The fraction of sp³-hybridized carbons (Fsp3) is 0.529. The van der Waals surface area contributed by atoms with Crippen LogP contribution < -0.4 is 15.4 Å². The van der Waals surface area contributed by atoms with Gasteiger partial charge in [0.15, 0.2) is 0 Å². The van der Waals surface area contributed by atoms with Gasteiger partial charge in [0.1, 0.15) is 0 Å². The molecule has 25 heavy (non-hydrogen) atoms. The van der Waals surface area contributed by atoms with Crippen LogP contribution in [-0.2, 0) is 14.3 Å². The zero-order chi connectivity index (χ0) is 17.4. The number of benzene rings is 1. The van der Waals surface area contributed by atoms with Crippen molar-refractivity contribution in [2.24, 2.45) is 5.92 Å². The van der Waals surface area contributed by atoms with Gasteiger partial charge in [0, 0.05) is 24.0 Å². The Hall–Kier alpha value is -0.900. The minimum absolute atomic E-state index is 0.0898. The Morgan fingerprint density at radius 1 is 1.16 bits per heavy atom. The van der Waals surface area contributed by atoms with Crippen molar-refractivity contribution < 1.29 is 12.6 Å². The van der Waals surface area contributed by atoms with Crippen LogP contribution in [0.1, 0.15) is 18.4 Å². The third-order valence-corrected chi connectivity index (χ3v) is 7.23. The van der Waals surface area contributed by atoms with Crippen molar-refractivity contribution in [3.8, 4) is 0 Å². The molecule has 5 atom stereocenters. The summed E-state index contributed by atoms with van der Waals surface area (Å²) in [5.41, 5.74) is 1.02. The lowest BCUT2D eigenvalue weighted by molar-refractivity contribution is 0.254. The predicted molar refractivity (Wildman–Crippen MR) is 98.3 cm³/mol. The lowest BCUT2D eigenvalue weighted by Crippen LogP contribution is -2.53. The highest BCUT2D eigenvalue weighted by Gasteiger charge is 2.44. The normalized spacial score (nSPS) is 34.5. The topological polar surface area (TPSA) is 79.5 Å². The van der Waals surface area contributed by atoms with Crippen LogP contribution in [0.5, 0.6) is 0 Å². The molecule has 3 aliphatic rings. The highest BCUT2D eigenvalue weighted by Crippen LogP contribution is 2.33. The lowest BCUT2D eigenvalue weighted by Gasteiger charge is -2.39. The number of rotatable bonds is 4. The Labute approximate surface area is 153 Å². The van der Waals surface area contributed by atoms with Crippen molar-refractivity contribution in [2.75, 3.05) is 6.61 Å².